The van der Waals surface area contributed by atoms with Crippen molar-refractivity contribution in [2.45, 2.75) is 0 Å². The van der Waals surface area contributed by atoms with E-state index in [4.69, 9.17) is 4.74 Å². The van der Waals surface area contributed by atoms with E-state index in [0.717, 1.165) is 0 Å². The normalized spacial score (nSPS) is 9.88. The van der Waals surface area contributed by atoms with Crippen molar-refractivity contribution in [3.05, 3.63) is 57.1 Å². The van der Waals surface area contributed by atoms with Gasteiger partial charge in [-0.1, -0.05) is 12.1 Å². The van der Waals surface area contributed by atoms with Crippen LogP contribution in [0.3, 0.4) is 0 Å². The Kier molecular flexibility index (Phi) is 2.82. The van der Waals surface area contributed by atoms with Crippen LogP contribution in [0.25, 0.3) is 0 Å². The van der Waals surface area contributed by atoms with Crippen molar-refractivity contribution >= 4 is 5.69 Å². The highest BCUT2D eigenvalue weighted by atomic mass is 16.6. The van der Waals surface area contributed by atoms with E-state index in [0.29, 0.717) is 0 Å². The zero-order chi connectivity index (χ0) is 12.3. The first-order valence-electron chi connectivity index (χ1n) is 4.63. The van der Waals surface area contributed by atoms with Crippen LogP contribution in [-0.4, -0.2) is 14.9 Å². The number of H-pyrrole nitrogens is 1. The molecule has 1 aromatic carbocycles. The van der Waals surface area contributed by atoms with Crippen LogP contribution < -0.4 is 10.4 Å². The number of hydrogen-bond donors (Lipinski definition) is 1. The molecule has 17 heavy (non-hydrogen) atoms. The number of nitro benzene ring substituents is 1. The molecule has 7 nitrogen and oxygen atoms in total. The highest BCUT2D eigenvalue weighted by molar-refractivity contribution is 5.47. The molecule has 0 bridgehead atoms. The van der Waals surface area contributed by atoms with Crippen molar-refractivity contribution < 1.29 is 9.66 Å². The summed E-state index contributed by atoms with van der Waals surface area (Å²) in [5.41, 5.74) is -0.758. The number of para-hydroxylation sites is 2. The number of aromatic nitrogens is 2. The summed E-state index contributed by atoms with van der Waals surface area (Å²) < 4.78 is 5.21. The molecular formula is C10H7N3O4. The van der Waals surface area contributed by atoms with E-state index in [1.807, 2.05) is 0 Å². The third kappa shape index (κ3) is 2.46. The number of nitro groups is 1. The van der Waals surface area contributed by atoms with Gasteiger partial charge in [0, 0.05) is 18.3 Å². The minimum atomic E-state index is -0.582. The molecule has 7 heteroatoms. The predicted octanol–water partition coefficient (Wildman–Crippen LogP) is 1.47. The zero-order valence-electron chi connectivity index (χ0n) is 8.49. The second-order valence-electron chi connectivity index (χ2n) is 3.07. The third-order valence-electron chi connectivity index (χ3n) is 1.93. The molecule has 0 aliphatic heterocycles. The molecule has 0 saturated carbocycles. The molecule has 0 saturated heterocycles. The number of rotatable bonds is 3. The number of benzene rings is 1. The minimum absolute atomic E-state index is 0.0550. The number of nitrogens with zero attached hydrogens (tertiary/aromatic N) is 2. The maximum Gasteiger partial charge on any atom is 0.347 e. The molecule has 0 atom stereocenters. The van der Waals surface area contributed by atoms with Crippen LogP contribution >= 0.6 is 0 Å². The molecule has 0 unspecified atom stereocenters. The summed E-state index contributed by atoms with van der Waals surface area (Å²) in [6, 6.07) is 7.28. The average molecular weight is 233 g/mol. The van der Waals surface area contributed by atoms with Crippen LogP contribution in [0.15, 0.2) is 41.3 Å². The van der Waals surface area contributed by atoms with Gasteiger partial charge in [-0.2, -0.15) is 0 Å². The third-order valence-corrected chi connectivity index (χ3v) is 1.93. The first-order valence-corrected chi connectivity index (χ1v) is 4.63. The summed E-state index contributed by atoms with van der Waals surface area (Å²) >= 11 is 0. The second-order valence-corrected chi connectivity index (χ2v) is 3.07. The molecule has 1 N–H and O–H groups in total. The standard InChI is InChI=1S/C10H7N3O4/c14-10-11-6-5-9(12-10)17-8-4-2-1-3-7(8)13(15)16/h1-6H,(H,11,12,14). The Hall–Kier alpha value is -2.70. The van der Waals surface area contributed by atoms with Crippen molar-refractivity contribution in [2.75, 3.05) is 0 Å². The number of aromatic amines is 1. The van der Waals surface area contributed by atoms with Crippen LogP contribution in [0.1, 0.15) is 0 Å². The Morgan fingerprint density at radius 3 is 2.76 bits per heavy atom. The van der Waals surface area contributed by atoms with Crippen LogP contribution in [-0.2, 0) is 0 Å². The second kappa shape index (κ2) is 4.44. The summed E-state index contributed by atoms with van der Waals surface area (Å²) in [4.78, 5) is 26.8. The minimum Gasteiger partial charge on any atom is -0.434 e. The fraction of sp³-hybridized carbons (Fsp3) is 0. The monoisotopic (exact) mass is 233 g/mol. The van der Waals surface area contributed by atoms with Crippen molar-refractivity contribution in [3.8, 4) is 11.6 Å². The van der Waals surface area contributed by atoms with Crippen LogP contribution in [0.4, 0.5) is 5.69 Å². The van der Waals surface area contributed by atoms with E-state index in [2.05, 4.69) is 9.97 Å². The van der Waals surface area contributed by atoms with Gasteiger partial charge in [0.25, 0.3) is 0 Å². The van der Waals surface area contributed by atoms with Gasteiger partial charge in [0.05, 0.1) is 4.92 Å². The first-order chi connectivity index (χ1) is 8.16. The highest BCUT2D eigenvalue weighted by Gasteiger charge is 2.14. The van der Waals surface area contributed by atoms with Crippen molar-refractivity contribution in [1.82, 2.24) is 9.97 Å². The van der Waals surface area contributed by atoms with Gasteiger partial charge in [-0.15, -0.1) is 0 Å². The lowest BCUT2D eigenvalue weighted by molar-refractivity contribution is -0.385. The van der Waals surface area contributed by atoms with Gasteiger partial charge in [-0.3, -0.25) is 15.1 Å². The van der Waals surface area contributed by atoms with E-state index >= 15 is 0 Å². The summed E-state index contributed by atoms with van der Waals surface area (Å²) in [6.45, 7) is 0. The highest BCUT2D eigenvalue weighted by Crippen LogP contribution is 2.29. The first kappa shape index (κ1) is 10.8. The average Bonchev–Trinajstić information content (AvgIpc) is 2.29. The lowest BCUT2D eigenvalue weighted by Crippen LogP contribution is -2.09. The molecule has 0 radical (unpaired) electrons. The van der Waals surface area contributed by atoms with Gasteiger partial charge >= 0.3 is 11.4 Å². The van der Waals surface area contributed by atoms with Gasteiger partial charge in [0.15, 0.2) is 0 Å². The molecule has 2 rings (SSSR count). The summed E-state index contributed by atoms with van der Waals surface area (Å²) in [7, 11) is 0. The zero-order valence-corrected chi connectivity index (χ0v) is 8.49. The fourth-order valence-electron chi connectivity index (χ4n) is 1.22. The Morgan fingerprint density at radius 1 is 1.29 bits per heavy atom. The fourth-order valence-corrected chi connectivity index (χ4v) is 1.22. The SMILES string of the molecule is O=c1nccc(Oc2ccccc2[N+](=O)[O-])[nH]1. The molecular weight excluding hydrogens is 226 g/mol. The van der Waals surface area contributed by atoms with Crippen molar-refractivity contribution in [1.29, 1.82) is 0 Å². The summed E-state index contributed by atoms with van der Waals surface area (Å²) in [5.74, 6) is 0.152. The van der Waals surface area contributed by atoms with Crippen LogP contribution in [0.2, 0.25) is 0 Å². The largest absolute Gasteiger partial charge is 0.434 e. The van der Waals surface area contributed by atoms with Gasteiger partial charge in [0.1, 0.15) is 0 Å². The van der Waals surface area contributed by atoms with E-state index < -0.39 is 10.6 Å². The van der Waals surface area contributed by atoms with E-state index in [-0.39, 0.29) is 17.3 Å². The van der Waals surface area contributed by atoms with Crippen LogP contribution in [0.5, 0.6) is 11.6 Å². The maximum absolute atomic E-state index is 10.9. The van der Waals surface area contributed by atoms with Gasteiger partial charge in [-0.25, -0.2) is 9.78 Å². The lowest BCUT2D eigenvalue weighted by Gasteiger charge is -2.04. The Morgan fingerprint density at radius 2 is 2.06 bits per heavy atom. The molecule has 0 spiro atoms. The number of hydrogen-bond acceptors (Lipinski definition) is 5. The van der Waals surface area contributed by atoms with Gasteiger partial charge < -0.3 is 4.74 Å². The molecule has 1 heterocycles. The lowest BCUT2D eigenvalue weighted by atomic mass is 10.3. The molecule has 0 fully saturated rings. The molecule has 0 amide bonds. The maximum atomic E-state index is 10.9. The smallest absolute Gasteiger partial charge is 0.347 e. The Bertz CT molecular complexity index is 608. The Balaban J connectivity index is 2.36. The van der Waals surface area contributed by atoms with E-state index in [1.165, 1.54) is 30.5 Å². The summed E-state index contributed by atoms with van der Waals surface area (Å²) in [5, 5.41) is 10.7. The van der Waals surface area contributed by atoms with Gasteiger partial charge in [0.2, 0.25) is 11.6 Å². The topological polar surface area (TPSA) is 98.1 Å². The molecule has 2 aromatic rings. The van der Waals surface area contributed by atoms with E-state index in [1.54, 1.807) is 6.07 Å². The Labute approximate surface area is 94.9 Å². The number of ether oxygens (including phenoxy) is 1. The summed E-state index contributed by atoms with van der Waals surface area (Å²) in [6.07, 6.45) is 1.25. The van der Waals surface area contributed by atoms with Crippen molar-refractivity contribution in [3.63, 3.8) is 0 Å². The van der Waals surface area contributed by atoms with E-state index in [9.17, 15) is 14.9 Å². The quantitative estimate of drug-likeness (QED) is 0.639. The van der Waals surface area contributed by atoms with Gasteiger partial charge in [-0.05, 0) is 6.07 Å². The molecule has 0 aliphatic rings. The number of nitrogens with one attached hydrogen (secondary N) is 1. The molecule has 86 valence electrons. The predicted molar refractivity (Wildman–Crippen MR) is 58.0 cm³/mol. The molecule has 1 aromatic heterocycles. The van der Waals surface area contributed by atoms with Crippen LogP contribution in [0, 0.1) is 10.1 Å². The van der Waals surface area contributed by atoms with Crippen molar-refractivity contribution in [2.24, 2.45) is 0 Å². The molecule has 0 aliphatic carbocycles.